The molecule has 0 fully saturated rings. The number of rotatable bonds is 4. The van der Waals surface area contributed by atoms with Crippen molar-refractivity contribution in [2.75, 3.05) is 6.61 Å². The Morgan fingerprint density at radius 1 is 1.44 bits per heavy atom. The molecular weight excluding hydrogens is 246 g/mol. The zero-order valence-corrected chi connectivity index (χ0v) is 11.4. The highest BCUT2D eigenvalue weighted by molar-refractivity contribution is 7.21. The quantitative estimate of drug-likeness (QED) is 0.891. The molecule has 0 spiro atoms. The van der Waals surface area contributed by atoms with Crippen LogP contribution in [-0.2, 0) is 0 Å². The van der Waals surface area contributed by atoms with Crippen LogP contribution in [0.3, 0.4) is 0 Å². The number of fused-ring (bicyclic) bond motifs is 1. The van der Waals surface area contributed by atoms with Crippen LogP contribution >= 0.6 is 11.3 Å². The molecular formula is C14H17NO2S. The van der Waals surface area contributed by atoms with E-state index in [1.165, 1.54) is 11.3 Å². The summed E-state index contributed by atoms with van der Waals surface area (Å²) in [4.78, 5) is 12.9. The standard InChI is InChI=1S/C14H17NO2S/c1-3-10(8-16)15-14(17)13-9(2)11-6-4-5-7-12(11)18-13/h4-7,10,16H,3,8H2,1-2H3,(H,15,17)/t10-/m1/s1. The van der Waals surface area contributed by atoms with Crippen LogP contribution in [0.1, 0.15) is 28.6 Å². The van der Waals surface area contributed by atoms with Gasteiger partial charge in [0.15, 0.2) is 0 Å². The summed E-state index contributed by atoms with van der Waals surface area (Å²) in [5.74, 6) is -0.0883. The summed E-state index contributed by atoms with van der Waals surface area (Å²) in [6.45, 7) is 3.89. The molecule has 96 valence electrons. The minimum Gasteiger partial charge on any atom is -0.394 e. The number of nitrogens with one attached hydrogen (secondary N) is 1. The van der Waals surface area contributed by atoms with E-state index in [2.05, 4.69) is 5.32 Å². The van der Waals surface area contributed by atoms with E-state index in [1.807, 2.05) is 38.1 Å². The van der Waals surface area contributed by atoms with Crippen molar-refractivity contribution in [2.24, 2.45) is 0 Å². The first-order valence-electron chi connectivity index (χ1n) is 6.07. The lowest BCUT2D eigenvalue weighted by Crippen LogP contribution is -2.36. The molecule has 1 aromatic carbocycles. The van der Waals surface area contributed by atoms with Gasteiger partial charge in [-0.25, -0.2) is 0 Å². The lowest BCUT2D eigenvalue weighted by Gasteiger charge is -2.13. The third-order valence-electron chi connectivity index (χ3n) is 3.10. The molecule has 0 aliphatic heterocycles. The minimum absolute atomic E-state index is 0.0216. The number of carbonyl (C=O) groups is 1. The molecule has 3 nitrogen and oxygen atoms in total. The smallest absolute Gasteiger partial charge is 0.261 e. The lowest BCUT2D eigenvalue weighted by molar-refractivity contribution is 0.0918. The van der Waals surface area contributed by atoms with Gasteiger partial charge in [-0.2, -0.15) is 0 Å². The SMILES string of the molecule is CC[C@H](CO)NC(=O)c1sc2ccccc2c1C. The number of aryl methyl sites for hydroxylation is 1. The van der Waals surface area contributed by atoms with Crippen molar-refractivity contribution < 1.29 is 9.90 Å². The summed E-state index contributed by atoms with van der Waals surface area (Å²) in [5, 5.41) is 13.1. The topological polar surface area (TPSA) is 49.3 Å². The molecule has 2 N–H and O–H groups in total. The maximum atomic E-state index is 12.2. The van der Waals surface area contributed by atoms with Gasteiger partial charge in [0.2, 0.25) is 0 Å². The van der Waals surface area contributed by atoms with Crippen LogP contribution in [0.2, 0.25) is 0 Å². The highest BCUT2D eigenvalue weighted by atomic mass is 32.1. The number of benzene rings is 1. The molecule has 1 heterocycles. The first-order valence-corrected chi connectivity index (χ1v) is 6.88. The molecule has 4 heteroatoms. The summed E-state index contributed by atoms with van der Waals surface area (Å²) in [6, 6.07) is 7.84. The third kappa shape index (κ3) is 2.40. The maximum absolute atomic E-state index is 12.2. The van der Waals surface area contributed by atoms with Crippen molar-refractivity contribution >= 4 is 27.3 Å². The van der Waals surface area contributed by atoms with Gasteiger partial charge in [-0.1, -0.05) is 25.1 Å². The van der Waals surface area contributed by atoms with Gasteiger partial charge in [-0.05, 0) is 30.4 Å². The second kappa shape index (κ2) is 5.50. The Bertz CT molecular complexity index is 558. The summed E-state index contributed by atoms with van der Waals surface area (Å²) < 4.78 is 1.12. The molecule has 0 aliphatic rings. The molecule has 1 atom stereocenters. The van der Waals surface area contributed by atoms with Crippen molar-refractivity contribution in [1.82, 2.24) is 5.32 Å². The van der Waals surface area contributed by atoms with E-state index in [0.717, 1.165) is 26.9 Å². The third-order valence-corrected chi connectivity index (χ3v) is 4.37. The van der Waals surface area contributed by atoms with Gasteiger partial charge in [0.25, 0.3) is 5.91 Å². The van der Waals surface area contributed by atoms with Crippen LogP contribution in [0.15, 0.2) is 24.3 Å². The molecule has 0 unspecified atom stereocenters. The molecule has 0 radical (unpaired) electrons. The zero-order chi connectivity index (χ0) is 13.1. The van der Waals surface area contributed by atoms with Crippen LogP contribution in [0.5, 0.6) is 0 Å². The van der Waals surface area contributed by atoms with Gasteiger partial charge < -0.3 is 10.4 Å². The van der Waals surface area contributed by atoms with E-state index < -0.39 is 0 Å². The second-order valence-electron chi connectivity index (χ2n) is 4.31. The van der Waals surface area contributed by atoms with Crippen LogP contribution in [0, 0.1) is 6.92 Å². The summed E-state index contributed by atoms with van der Waals surface area (Å²) in [6.07, 6.45) is 0.728. The molecule has 18 heavy (non-hydrogen) atoms. The molecule has 2 rings (SSSR count). The number of aliphatic hydroxyl groups is 1. The average molecular weight is 263 g/mol. The Morgan fingerprint density at radius 2 is 2.17 bits per heavy atom. The predicted octanol–water partition coefficient (Wildman–Crippen LogP) is 2.71. The van der Waals surface area contributed by atoms with Gasteiger partial charge in [0.1, 0.15) is 0 Å². The zero-order valence-electron chi connectivity index (χ0n) is 10.6. The number of thiophene rings is 1. The van der Waals surface area contributed by atoms with Gasteiger partial charge in [0, 0.05) is 4.70 Å². The number of aliphatic hydroxyl groups excluding tert-OH is 1. The predicted molar refractivity (Wildman–Crippen MR) is 75.2 cm³/mol. The fourth-order valence-electron chi connectivity index (χ4n) is 1.92. The van der Waals surface area contributed by atoms with Crippen LogP contribution in [0.25, 0.3) is 10.1 Å². The van der Waals surface area contributed by atoms with Gasteiger partial charge in [-0.3, -0.25) is 4.79 Å². The Morgan fingerprint density at radius 3 is 2.78 bits per heavy atom. The Balaban J connectivity index is 2.30. The Labute approximate surface area is 110 Å². The molecule has 1 aromatic heterocycles. The van der Waals surface area contributed by atoms with Crippen molar-refractivity contribution in [1.29, 1.82) is 0 Å². The van der Waals surface area contributed by atoms with Crippen LogP contribution in [-0.4, -0.2) is 23.7 Å². The molecule has 0 saturated heterocycles. The van der Waals surface area contributed by atoms with Crippen molar-refractivity contribution in [2.45, 2.75) is 26.3 Å². The van der Waals surface area contributed by atoms with Gasteiger partial charge in [-0.15, -0.1) is 11.3 Å². The monoisotopic (exact) mass is 263 g/mol. The number of carbonyl (C=O) groups excluding carboxylic acids is 1. The van der Waals surface area contributed by atoms with Crippen molar-refractivity contribution in [3.63, 3.8) is 0 Å². The average Bonchev–Trinajstić information content (AvgIpc) is 2.74. The van der Waals surface area contributed by atoms with E-state index in [-0.39, 0.29) is 18.6 Å². The summed E-state index contributed by atoms with van der Waals surface area (Å²) in [7, 11) is 0. The van der Waals surface area contributed by atoms with Crippen LogP contribution in [0.4, 0.5) is 0 Å². The number of hydrogen-bond donors (Lipinski definition) is 2. The normalized spacial score (nSPS) is 12.6. The minimum atomic E-state index is -0.165. The Hall–Kier alpha value is -1.39. The largest absolute Gasteiger partial charge is 0.394 e. The molecule has 1 amide bonds. The van der Waals surface area contributed by atoms with Crippen molar-refractivity contribution in [3.8, 4) is 0 Å². The van der Waals surface area contributed by atoms with E-state index in [9.17, 15) is 4.79 Å². The lowest BCUT2D eigenvalue weighted by atomic mass is 10.1. The number of amides is 1. The second-order valence-corrected chi connectivity index (χ2v) is 5.37. The Kier molecular flexibility index (Phi) is 3.99. The fourth-order valence-corrected chi connectivity index (χ4v) is 3.03. The van der Waals surface area contributed by atoms with E-state index in [1.54, 1.807) is 0 Å². The summed E-state index contributed by atoms with van der Waals surface area (Å²) in [5.41, 5.74) is 1.01. The molecule has 0 aliphatic carbocycles. The molecule has 0 bridgehead atoms. The highest BCUT2D eigenvalue weighted by Crippen LogP contribution is 2.30. The number of hydrogen-bond acceptors (Lipinski definition) is 3. The van der Waals surface area contributed by atoms with Gasteiger partial charge >= 0.3 is 0 Å². The van der Waals surface area contributed by atoms with E-state index in [0.29, 0.717) is 0 Å². The van der Waals surface area contributed by atoms with E-state index >= 15 is 0 Å². The maximum Gasteiger partial charge on any atom is 0.261 e. The van der Waals surface area contributed by atoms with Crippen LogP contribution < -0.4 is 5.32 Å². The first kappa shape index (κ1) is 13.1. The summed E-state index contributed by atoms with van der Waals surface area (Å²) >= 11 is 1.50. The fraction of sp³-hybridized carbons (Fsp3) is 0.357. The van der Waals surface area contributed by atoms with Crippen molar-refractivity contribution in [3.05, 3.63) is 34.7 Å². The van der Waals surface area contributed by atoms with Gasteiger partial charge in [0.05, 0.1) is 17.5 Å². The van der Waals surface area contributed by atoms with E-state index in [4.69, 9.17) is 5.11 Å². The molecule has 0 saturated carbocycles. The first-order chi connectivity index (χ1) is 8.67. The molecule has 2 aromatic rings. The highest BCUT2D eigenvalue weighted by Gasteiger charge is 2.17.